The van der Waals surface area contributed by atoms with Crippen LogP contribution in [0.1, 0.15) is 18.4 Å². The largest absolute Gasteiger partial charge is 0.484 e. The van der Waals surface area contributed by atoms with Gasteiger partial charge in [-0.3, -0.25) is 25.8 Å². The second-order valence-corrected chi connectivity index (χ2v) is 5.28. The number of rotatable bonds is 4. The first-order chi connectivity index (χ1) is 10.0. The second-order valence-electron chi connectivity index (χ2n) is 4.87. The van der Waals surface area contributed by atoms with Crippen LogP contribution < -0.4 is 20.9 Å². The third-order valence-electron chi connectivity index (χ3n) is 2.89. The zero-order valence-corrected chi connectivity index (χ0v) is 12.5. The number of ether oxygens (including phenoxy) is 1. The van der Waals surface area contributed by atoms with Crippen LogP contribution in [0.25, 0.3) is 0 Å². The first-order valence-corrected chi connectivity index (χ1v) is 7.04. The third kappa shape index (κ3) is 5.39. The molecule has 2 rings (SSSR count). The van der Waals surface area contributed by atoms with Gasteiger partial charge < -0.3 is 4.74 Å². The Morgan fingerprint density at radius 1 is 1.24 bits per heavy atom. The lowest BCUT2D eigenvalue weighted by atomic mass is 10.2. The summed E-state index contributed by atoms with van der Waals surface area (Å²) in [5, 5.41) is 2.46. The molecule has 1 aromatic carbocycles. The molecule has 1 saturated carbocycles. The Bertz CT molecular complexity index is 541. The molecule has 0 spiro atoms. The highest BCUT2D eigenvalue weighted by atomic mass is 32.1. The van der Waals surface area contributed by atoms with Crippen LogP contribution in [0.5, 0.6) is 5.75 Å². The normalized spacial score (nSPS) is 13.2. The average molecular weight is 307 g/mol. The predicted octanol–water partition coefficient (Wildman–Crippen LogP) is 0.806. The van der Waals surface area contributed by atoms with Gasteiger partial charge in [0.05, 0.1) is 0 Å². The number of nitrogens with one attached hydrogen (secondary N) is 3. The third-order valence-corrected chi connectivity index (χ3v) is 3.10. The second kappa shape index (κ2) is 7.03. The highest BCUT2D eigenvalue weighted by Gasteiger charge is 2.29. The number of carbonyl (C=O) groups excluding carboxylic acids is 2. The summed E-state index contributed by atoms with van der Waals surface area (Å²) in [4.78, 5) is 23.0. The molecule has 1 aliphatic carbocycles. The SMILES string of the molecule is Cc1ccc(OCC(=O)NC(=S)NNC(=O)C2CC2)cc1. The van der Waals surface area contributed by atoms with Gasteiger partial charge in [-0.2, -0.15) is 0 Å². The predicted molar refractivity (Wildman–Crippen MR) is 81.4 cm³/mol. The highest BCUT2D eigenvalue weighted by molar-refractivity contribution is 7.80. The van der Waals surface area contributed by atoms with E-state index in [1.54, 1.807) is 12.1 Å². The number of amides is 2. The van der Waals surface area contributed by atoms with Gasteiger partial charge >= 0.3 is 0 Å². The molecule has 0 unspecified atom stereocenters. The van der Waals surface area contributed by atoms with Crippen molar-refractivity contribution in [2.75, 3.05) is 6.61 Å². The molecule has 2 amide bonds. The van der Waals surface area contributed by atoms with Gasteiger partial charge in [0.25, 0.3) is 5.91 Å². The van der Waals surface area contributed by atoms with Crippen LogP contribution in [0.15, 0.2) is 24.3 Å². The van der Waals surface area contributed by atoms with Gasteiger partial charge in [-0.1, -0.05) is 17.7 Å². The van der Waals surface area contributed by atoms with E-state index in [1.165, 1.54) is 0 Å². The van der Waals surface area contributed by atoms with Gasteiger partial charge in [0, 0.05) is 5.92 Å². The molecule has 0 aliphatic heterocycles. The molecule has 0 heterocycles. The molecule has 0 bridgehead atoms. The van der Waals surface area contributed by atoms with Gasteiger partial charge in [0.2, 0.25) is 5.91 Å². The minimum Gasteiger partial charge on any atom is -0.484 e. The van der Waals surface area contributed by atoms with Crippen molar-refractivity contribution in [3.05, 3.63) is 29.8 Å². The quantitative estimate of drug-likeness (QED) is 0.566. The van der Waals surface area contributed by atoms with Crippen LogP contribution in [0.2, 0.25) is 0 Å². The minimum absolute atomic E-state index is 0.0431. The molecular formula is C14H17N3O3S. The lowest BCUT2D eigenvalue weighted by molar-refractivity contribution is -0.123. The summed E-state index contributed by atoms with van der Waals surface area (Å²) in [6.45, 7) is 1.82. The van der Waals surface area contributed by atoms with E-state index in [0.29, 0.717) is 5.75 Å². The van der Waals surface area contributed by atoms with Crippen molar-refractivity contribution in [2.45, 2.75) is 19.8 Å². The van der Waals surface area contributed by atoms with E-state index in [-0.39, 0.29) is 23.5 Å². The minimum atomic E-state index is -0.395. The summed E-state index contributed by atoms with van der Waals surface area (Å²) in [6.07, 6.45) is 1.80. The van der Waals surface area contributed by atoms with Gasteiger partial charge in [-0.15, -0.1) is 0 Å². The average Bonchev–Trinajstić information content (AvgIpc) is 3.29. The Morgan fingerprint density at radius 2 is 1.90 bits per heavy atom. The number of benzene rings is 1. The smallest absolute Gasteiger partial charge is 0.264 e. The molecule has 7 heteroatoms. The number of carbonyl (C=O) groups is 2. The highest BCUT2D eigenvalue weighted by Crippen LogP contribution is 2.28. The van der Waals surface area contributed by atoms with E-state index in [4.69, 9.17) is 17.0 Å². The molecule has 1 aliphatic rings. The molecule has 0 atom stereocenters. The first kappa shape index (κ1) is 15.2. The summed E-state index contributed by atoms with van der Waals surface area (Å²) in [5.74, 6) is 0.175. The van der Waals surface area contributed by atoms with Crippen LogP contribution in [0, 0.1) is 12.8 Å². The summed E-state index contributed by atoms with van der Waals surface area (Å²) in [7, 11) is 0. The molecule has 112 valence electrons. The maximum absolute atomic E-state index is 11.6. The molecule has 1 aromatic rings. The topological polar surface area (TPSA) is 79.5 Å². The maximum atomic E-state index is 11.6. The lowest BCUT2D eigenvalue weighted by Crippen LogP contribution is -2.49. The summed E-state index contributed by atoms with van der Waals surface area (Å²) in [5.41, 5.74) is 6.04. The van der Waals surface area contributed by atoms with Gasteiger partial charge in [-0.25, -0.2) is 0 Å². The van der Waals surface area contributed by atoms with Crippen LogP contribution in [0.3, 0.4) is 0 Å². The number of thiocarbonyl (C=S) groups is 1. The summed E-state index contributed by atoms with van der Waals surface area (Å²) in [6, 6.07) is 7.36. The van der Waals surface area contributed by atoms with E-state index in [2.05, 4.69) is 16.2 Å². The van der Waals surface area contributed by atoms with Crippen LogP contribution in [-0.2, 0) is 9.59 Å². The van der Waals surface area contributed by atoms with E-state index in [9.17, 15) is 9.59 Å². The number of hydrogen-bond acceptors (Lipinski definition) is 4. The van der Waals surface area contributed by atoms with E-state index >= 15 is 0 Å². The number of aryl methyl sites for hydroxylation is 1. The van der Waals surface area contributed by atoms with Crippen molar-refractivity contribution >= 4 is 29.1 Å². The zero-order chi connectivity index (χ0) is 15.2. The number of hydrogen-bond donors (Lipinski definition) is 3. The summed E-state index contributed by atoms with van der Waals surface area (Å²) >= 11 is 4.89. The fraction of sp³-hybridized carbons (Fsp3) is 0.357. The monoisotopic (exact) mass is 307 g/mol. The van der Waals surface area contributed by atoms with Crippen LogP contribution in [-0.4, -0.2) is 23.5 Å². The van der Waals surface area contributed by atoms with Crippen molar-refractivity contribution in [3.8, 4) is 5.75 Å². The van der Waals surface area contributed by atoms with Gasteiger partial charge in [0.1, 0.15) is 5.75 Å². The van der Waals surface area contributed by atoms with E-state index in [1.807, 2.05) is 19.1 Å². The van der Waals surface area contributed by atoms with Crippen molar-refractivity contribution in [3.63, 3.8) is 0 Å². The molecule has 0 radical (unpaired) electrons. The van der Waals surface area contributed by atoms with E-state index < -0.39 is 5.91 Å². The molecule has 0 aromatic heterocycles. The molecule has 6 nitrogen and oxygen atoms in total. The molecule has 1 fully saturated rings. The molecule has 0 saturated heterocycles. The van der Waals surface area contributed by atoms with Crippen molar-refractivity contribution in [1.29, 1.82) is 0 Å². The Labute approximate surface area is 128 Å². The lowest BCUT2D eigenvalue weighted by Gasteiger charge is -2.11. The molecule has 21 heavy (non-hydrogen) atoms. The van der Waals surface area contributed by atoms with Crippen LogP contribution in [0.4, 0.5) is 0 Å². The fourth-order valence-corrected chi connectivity index (χ4v) is 1.71. The van der Waals surface area contributed by atoms with Gasteiger partial charge in [0.15, 0.2) is 11.7 Å². The van der Waals surface area contributed by atoms with E-state index in [0.717, 1.165) is 18.4 Å². The first-order valence-electron chi connectivity index (χ1n) is 6.64. The molecule has 3 N–H and O–H groups in total. The molecular weight excluding hydrogens is 290 g/mol. The standard InChI is InChI=1S/C14H17N3O3S/c1-9-2-6-11(7-3-9)20-8-12(18)15-14(21)17-16-13(19)10-4-5-10/h2-3,6-7,10H,4-5,8H2,1H3,(H,16,19)(H2,15,17,18,21). The number of hydrazine groups is 1. The zero-order valence-electron chi connectivity index (χ0n) is 11.6. The fourth-order valence-electron chi connectivity index (χ4n) is 1.54. The Balaban J connectivity index is 1.65. The van der Waals surface area contributed by atoms with Crippen molar-refractivity contribution < 1.29 is 14.3 Å². The Kier molecular flexibility index (Phi) is 5.10. The summed E-state index contributed by atoms with van der Waals surface area (Å²) < 4.78 is 5.31. The van der Waals surface area contributed by atoms with Crippen molar-refractivity contribution in [1.82, 2.24) is 16.2 Å². The van der Waals surface area contributed by atoms with Crippen LogP contribution >= 0.6 is 12.2 Å². The van der Waals surface area contributed by atoms with Gasteiger partial charge in [-0.05, 0) is 44.1 Å². The Morgan fingerprint density at radius 3 is 2.52 bits per heavy atom. The van der Waals surface area contributed by atoms with Crippen molar-refractivity contribution in [2.24, 2.45) is 5.92 Å². The maximum Gasteiger partial charge on any atom is 0.264 e. The Hall–Kier alpha value is -2.15.